The average Bonchev–Trinajstić information content (AvgIpc) is 3.58. The number of aromatic amines is 1. The van der Waals surface area contributed by atoms with Crippen molar-refractivity contribution < 1.29 is 14.3 Å². The van der Waals surface area contributed by atoms with Crippen LogP contribution in [0.2, 0.25) is 5.02 Å². The van der Waals surface area contributed by atoms with Crippen LogP contribution in [-0.4, -0.2) is 93.9 Å². The van der Waals surface area contributed by atoms with E-state index in [-0.39, 0.29) is 36.5 Å². The molecule has 11 nitrogen and oxygen atoms in total. The van der Waals surface area contributed by atoms with Crippen molar-refractivity contribution in [2.24, 2.45) is 0 Å². The van der Waals surface area contributed by atoms with E-state index in [1.165, 1.54) is 6.08 Å². The number of likely N-dealkylation sites (N-methyl/N-ethyl adjacent to an activating group) is 1. The average molecular weight is 641 g/mol. The highest BCUT2D eigenvalue weighted by Gasteiger charge is 2.34. The third-order valence-corrected chi connectivity index (χ3v) is 9.69. The van der Waals surface area contributed by atoms with Crippen LogP contribution in [0, 0.1) is 18.3 Å². The van der Waals surface area contributed by atoms with Crippen LogP contribution in [0.25, 0.3) is 32.9 Å². The number of nitrogens with zero attached hydrogens (tertiary/aromatic N) is 7. The summed E-state index contributed by atoms with van der Waals surface area (Å²) >= 11 is 7.23. The van der Waals surface area contributed by atoms with Gasteiger partial charge in [-0.2, -0.15) is 20.3 Å². The number of hydrogen-bond acceptors (Lipinski definition) is 9. The first kappa shape index (κ1) is 30.3. The molecule has 2 aromatic heterocycles. The fourth-order valence-corrected chi connectivity index (χ4v) is 7.02. The summed E-state index contributed by atoms with van der Waals surface area (Å²) in [5.41, 5.74) is 4.26. The SMILES string of the molecule is C=CC(=O)N1CCN(c2nc(OC[C@@H]3CCCN3C)nc3c(OC4CC4)c(-c4c(C)ccc5[nH]ncc45)c(Cl)cc23)C[C@@H]1CC#N. The largest absolute Gasteiger partial charge is 0.487 e. The van der Waals surface area contributed by atoms with Crippen molar-refractivity contribution in [2.45, 2.75) is 57.2 Å². The van der Waals surface area contributed by atoms with Gasteiger partial charge in [0.1, 0.15) is 17.9 Å². The first-order valence-corrected chi connectivity index (χ1v) is 16.3. The van der Waals surface area contributed by atoms with Crippen LogP contribution in [0.1, 0.15) is 37.7 Å². The molecule has 1 saturated carbocycles. The van der Waals surface area contributed by atoms with Gasteiger partial charge in [-0.15, -0.1) is 0 Å². The van der Waals surface area contributed by atoms with Gasteiger partial charge < -0.3 is 24.2 Å². The number of halogens is 1. The van der Waals surface area contributed by atoms with Gasteiger partial charge in [-0.1, -0.05) is 24.2 Å². The van der Waals surface area contributed by atoms with E-state index >= 15 is 0 Å². The third kappa shape index (κ3) is 5.60. The molecular weight excluding hydrogens is 604 g/mol. The van der Waals surface area contributed by atoms with E-state index in [9.17, 15) is 10.1 Å². The highest BCUT2D eigenvalue weighted by molar-refractivity contribution is 6.35. The van der Waals surface area contributed by atoms with Gasteiger partial charge in [-0.3, -0.25) is 9.89 Å². The summed E-state index contributed by atoms with van der Waals surface area (Å²) in [6.07, 6.45) is 7.45. The predicted molar refractivity (Wildman–Crippen MR) is 177 cm³/mol. The van der Waals surface area contributed by atoms with E-state index in [4.69, 9.17) is 31.0 Å². The summed E-state index contributed by atoms with van der Waals surface area (Å²) in [6.45, 7) is 8.55. The number of piperazine rings is 1. The number of hydrogen-bond donors (Lipinski definition) is 1. The maximum absolute atomic E-state index is 12.7. The molecule has 1 amide bonds. The number of benzene rings is 2. The van der Waals surface area contributed by atoms with Gasteiger partial charge in [0.05, 0.1) is 41.4 Å². The zero-order valence-electron chi connectivity index (χ0n) is 26.1. The third-order valence-electron chi connectivity index (χ3n) is 9.39. The minimum absolute atomic E-state index is 0.0627. The van der Waals surface area contributed by atoms with E-state index in [1.54, 1.807) is 4.90 Å². The van der Waals surface area contributed by atoms with Crippen molar-refractivity contribution in [3.8, 4) is 29.0 Å². The Morgan fingerprint density at radius 2 is 2.02 bits per heavy atom. The molecule has 46 heavy (non-hydrogen) atoms. The smallest absolute Gasteiger partial charge is 0.319 e. The van der Waals surface area contributed by atoms with E-state index in [2.05, 4.69) is 52.7 Å². The van der Waals surface area contributed by atoms with Crippen LogP contribution in [-0.2, 0) is 4.79 Å². The standard InChI is InChI=1S/C34H37ClN8O3/c1-4-28(44)43-15-14-42(18-21(43)11-12-36)33-24-16-26(35)30(29-20(2)7-10-27-25(29)17-37-40-27)32(46-23-8-9-23)31(24)38-34(39-33)45-19-22-6-5-13-41(22)3/h4,7,10,16-17,21-23H,1,5-6,8-9,11,13-15,18-19H2,2-3H3,(H,37,40)/t21-,22-/m0/s1. The minimum atomic E-state index is -0.330. The molecule has 3 aliphatic rings. The van der Waals surface area contributed by atoms with E-state index in [0.717, 1.165) is 65.2 Å². The van der Waals surface area contributed by atoms with E-state index < -0.39 is 0 Å². The second-order valence-electron chi connectivity index (χ2n) is 12.5. The second-order valence-corrected chi connectivity index (χ2v) is 12.9. The number of rotatable bonds is 9. The molecule has 3 fully saturated rings. The Morgan fingerprint density at radius 1 is 1.17 bits per heavy atom. The fraction of sp³-hybridized carbons (Fsp3) is 0.441. The van der Waals surface area contributed by atoms with Crippen molar-refractivity contribution in [3.05, 3.63) is 47.6 Å². The molecule has 238 valence electrons. The molecule has 1 aliphatic carbocycles. The van der Waals surface area contributed by atoms with Crippen LogP contribution >= 0.6 is 11.6 Å². The predicted octanol–water partition coefficient (Wildman–Crippen LogP) is 5.27. The number of carbonyl (C=O) groups is 1. The maximum Gasteiger partial charge on any atom is 0.319 e. The molecule has 0 radical (unpaired) electrons. The number of anilines is 1. The van der Waals surface area contributed by atoms with Crippen molar-refractivity contribution in [1.82, 2.24) is 30.0 Å². The molecule has 4 aromatic rings. The minimum Gasteiger partial charge on any atom is -0.487 e. The monoisotopic (exact) mass is 640 g/mol. The Kier molecular flexibility index (Phi) is 8.17. The zero-order chi connectivity index (χ0) is 31.9. The molecule has 0 bridgehead atoms. The summed E-state index contributed by atoms with van der Waals surface area (Å²) < 4.78 is 13.1. The van der Waals surface area contributed by atoms with Gasteiger partial charge in [0, 0.05) is 47.6 Å². The summed E-state index contributed by atoms with van der Waals surface area (Å²) in [6, 6.07) is 8.43. The summed E-state index contributed by atoms with van der Waals surface area (Å²) in [5.74, 6) is 1.05. The normalized spacial score (nSPS) is 20.3. The molecule has 7 rings (SSSR count). The Bertz CT molecular complexity index is 1860. The quantitative estimate of drug-likeness (QED) is 0.244. The molecule has 12 heteroatoms. The lowest BCUT2D eigenvalue weighted by Gasteiger charge is -2.41. The molecule has 2 aliphatic heterocycles. The van der Waals surface area contributed by atoms with Crippen LogP contribution in [0.3, 0.4) is 0 Å². The highest BCUT2D eigenvalue weighted by Crippen LogP contribution is 2.49. The zero-order valence-corrected chi connectivity index (χ0v) is 26.9. The molecule has 0 unspecified atom stereocenters. The van der Waals surface area contributed by atoms with Gasteiger partial charge in [-0.05, 0) is 70.0 Å². The number of fused-ring (bicyclic) bond motifs is 2. The molecular formula is C34H37ClN8O3. The van der Waals surface area contributed by atoms with Crippen LogP contribution < -0.4 is 14.4 Å². The van der Waals surface area contributed by atoms with Gasteiger partial charge in [-0.25, -0.2) is 0 Å². The fourth-order valence-electron chi connectivity index (χ4n) is 6.73. The first-order valence-electron chi connectivity index (χ1n) is 15.9. The molecule has 4 heterocycles. The van der Waals surface area contributed by atoms with Crippen molar-refractivity contribution >= 4 is 45.1 Å². The van der Waals surface area contributed by atoms with Gasteiger partial charge in [0.25, 0.3) is 0 Å². The molecule has 2 aromatic carbocycles. The lowest BCUT2D eigenvalue weighted by atomic mass is 9.94. The molecule has 0 spiro atoms. The Morgan fingerprint density at radius 3 is 2.76 bits per heavy atom. The van der Waals surface area contributed by atoms with Gasteiger partial charge >= 0.3 is 6.01 Å². The van der Waals surface area contributed by atoms with Crippen LogP contribution in [0.5, 0.6) is 11.8 Å². The number of likely N-dealkylation sites (tertiary alicyclic amines) is 1. The Balaban J connectivity index is 1.40. The first-order chi connectivity index (χ1) is 22.4. The van der Waals surface area contributed by atoms with Crippen molar-refractivity contribution in [2.75, 3.05) is 44.7 Å². The Labute approximate surface area is 272 Å². The number of amides is 1. The molecule has 1 N–H and O–H groups in total. The number of nitrogens with one attached hydrogen (secondary N) is 1. The van der Waals surface area contributed by atoms with Crippen molar-refractivity contribution in [1.29, 1.82) is 5.26 Å². The summed E-state index contributed by atoms with van der Waals surface area (Å²) in [4.78, 5) is 28.8. The van der Waals surface area contributed by atoms with Crippen LogP contribution in [0.4, 0.5) is 5.82 Å². The Hall–Kier alpha value is -4.40. The number of H-pyrrole nitrogens is 1. The van der Waals surface area contributed by atoms with Crippen molar-refractivity contribution in [3.63, 3.8) is 0 Å². The number of ether oxygens (including phenoxy) is 2. The second kappa shape index (κ2) is 12.4. The maximum atomic E-state index is 12.7. The number of carbonyl (C=O) groups excluding carboxylic acids is 1. The lowest BCUT2D eigenvalue weighted by molar-refractivity contribution is -0.128. The van der Waals surface area contributed by atoms with E-state index in [1.807, 2.05) is 18.3 Å². The number of aromatic nitrogens is 4. The number of nitriles is 1. The van der Waals surface area contributed by atoms with Crippen LogP contribution in [0.15, 0.2) is 37.1 Å². The topological polar surface area (TPSA) is 124 Å². The lowest BCUT2D eigenvalue weighted by Crippen LogP contribution is -2.55. The molecule has 2 saturated heterocycles. The van der Waals surface area contributed by atoms with Gasteiger partial charge in [0.2, 0.25) is 5.91 Å². The highest BCUT2D eigenvalue weighted by atomic mass is 35.5. The van der Waals surface area contributed by atoms with E-state index in [0.29, 0.717) is 48.3 Å². The summed E-state index contributed by atoms with van der Waals surface area (Å²) in [5, 5.41) is 19.2. The number of aryl methyl sites for hydroxylation is 1. The van der Waals surface area contributed by atoms with Gasteiger partial charge in [0.15, 0.2) is 5.75 Å². The summed E-state index contributed by atoms with van der Waals surface area (Å²) in [7, 11) is 2.11. The molecule has 2 atom stereocenters.